The van der Waals surface area contributed by atoms with Crippen molar-refractivity contribution in [2.75, 3.05) is 6.54 Å². The molecular weight excluding hydrogens is 258 g/mol. The van der Waals surface area contributed by atoms with Crippen LogP contribution in [0, 0.1) is 17.2 Å². The number of carbonyl (C=O) groups excluding carboxylic acids is 1. The Balaban J connectivity index is 1.79. The number of carboxylic acids is 1. The van der Waals surface area contributed by atoms with Crippen LogP contribution in [-0.2, 0) is 4.79 Å². The third-order valence-corrected chi connectivity index (χ3v) is 4.12. The fourth-order valence-electron chi connectivity index (χ4n) is 2.75. The molecule has 6 heteroatoms. The maximum atomic E-state index is 12.2. The van der Waals surface area contributed by atoms with E-state index in [0.717, 1.165) is 25.7 Å². The largest absolute Gasteiger partial charge is 0.481 e. The Labute approximate surface area is 118 Å². The molecule has 0 bridgehead atoms. The van der Waals surface area contributed by atoms with Crippen molar-refractivity contribution in [2.24, 2.45) is 5.92 Å². The molecule has 0 aromatic heterocycles. The van der Waals surface area contributed by atoms with Gasteiger partial charge < -0.3 is 15.3 Å². The Morgan fingerprint density at radius 1 is 1.20 bits per heavy atom. The molecule has 2 rings (SSSR count). The summed E-state index contributed by atoms with van der Waals surface area (Å²) in [6.07, 6.45) is 5.09. The fraction of sp³-hybridized carbons (Fsp3) is 0.786. The second kappa shape index (κ2) is 6.60. The number of carbonyl (C=O) groups is 2. The van der Waals surface area contributed by atoms with E-state index < -0.39 is 5.97 Å². The molecule has 20 heavy (non-hydrogen) atoms. The van der Waals surface area contributed by atoms with Gasteiger partial charge in [0.2, 0.25) is 0 Å². The first-order chi connectivity index (χ1) is 9.61. The molecule has 110 valence electrons. The van der Waals surface area contributed by atoms with Crippen LogP contribution in [0.3, 0.4) is 0 Å². The van der Waals surface area contributed by atoms with E-state index in [0.29, 0.717) is 31.8 Å². The summed E-state index contributed by atoms with van der Waals surface area (Å²) in [5, 5.41) is 20.6. The number of rotatable bonds is 5. The van der Waals surface area contributed by atoms with Gasteiger partial charge in [-0.2, -0.15) is 5.26 Å². The van der Waals surface area contributed by atoms with Crippen molar-refractivity contribution in [1.29, 1.82) is 5.26 Å². The minimum atomic E-state index is -0.733. The van der Waals surface area contributed by atoms with E-state index in [1.165, 1.54) is 0 Å². The van der Waals surface area contributed by atoms with E-state index in [4.69, 9.17) is 10.4 Å². The third-order valence-electron chi connectivity index (χ3n) is 4.12. The van der Waals surface area contributed by atoms with E-state index in [2.05, 4.69) is 11.4 Å². The molecular formula is C14H21N3O3. The highest BCUT2D eigenvalue weighted by Gasteiger charge is 2.34. The molecule has 2 amide bonds. The molecule has 6 nitrogen and oxygen atoms in total. The van der Waals surface area contributed by atoms with Gasteiger partial charge in [-0.3, -0.25) is 4.79 Å². The number of carboxylic acid groups (broad SMARTS) is 1. The zero-order valence-electron chi connectivity index (χ0n) is 11.5. The first kappa shape index (κ1) is 14.6. The number of nitriles is 1. The number of urea groups is 1. The maximum Gasteiger partial charge on any atom is 0.317 e. The molecule has 0 heterocycles. The molecule has 0 aromatic carbocycles. The Morgan fingerprint density at radius 3 is 2.35 bits per heavy atom. The van der Waals surface area contributed by atoms with Crippen molar-refractivity contribution in [3.63, 3.8) is 0 Å². The highest BCUT2D eigenvalue weighted by molar-refractivity contribution is 5.75. The molecule has 2 aliphatic rings. The molecule has 2 aliphatic carbocycles. The van der Waals surface area contributed by atoms with Gasteiger partial charge in [-0.05, 0) is 38.5 Å². The summed E-state index contributed by atoms with van der Waals surface area (Å²) in [6, 6.07) is 2.34. The minimum Gasteiger partial charge on any atom is -0.481 e. The standard InChI is InChI=1S/C14H21N3O3/c15-8-1-9-17(12-6-7-12)14(20)16-11-4-2-10(3-5-11)13(18)19/h10-12H,1-7,9H2,(H,16,20)(H,18,19). The topological polar surface area (TPSA) is 93.4 Å². The molecule has 0 aromatic rings. The predicted molar refractivity (Wildman–Crippen MR) is 71.9 cm³/mol. The summed E-state index contributed by atoms with van der Waals surface area (Å²) in [5.41, 5.74) is 0. The second-order valence-electron chi connectivity index (χ2n) is 5.67. The zero-order valence-corrected chi connectivity index (χ0v) is 11.5. The maximum absolute atomic E-state index is 12.2. The molecule has 2 saturated carbocycles. The molecule has 0 spiro atoms. The van der Waals surface area contributed by atoms with Crippen LogP contribution in [0.2, 0.25) is 0 Å². The summed E-state index contributed by atoms with van der Waals surface area (Å²) in [5.74, 6) is -0.996. The number of hydrogen-bond donors (Lipinski definition) is 2. The summed E-state index contributed by atoms with van der Waals surface area (Å²) in [6.45, 7) is 0.484. The number of amides is 2. The summed E-state index contributed by atoms with van der Waals surface area (Å²) >= 11 is 0. The normalized spacial score (nSPS) is 25.6. The number of hydrogen-bond acceptors (Lipinski definition) is 3. The van der Waals surface area contributed by atoms with Crippen LogP contribution in [0.25, 0.3) is 0 Å². The number of nitrogens with one attached hydrogen (secondary N) is 1. The quantitative estimate of drug-likeness (QED) is 0.801. The van der Waals surface area contributed by atoms with Crippen molar-refractivity contribution in [3.8, 4) is 6.07 Å². The van der Waals surface area contributed by atoms with Gasteiger partial charge in [0.15, 0.2) is 0 Å². The van der Waals surface area contributed by atoms with Gasteiger partial charge in [-0.15, -0.1) is 0 Å². The zero-order chi connectivity index (χ0) is 14.5. The summed E-state index contributed by atoms with van der Waals surface area (Å²) in [7, 11) is 0. The Kier molecular flexibility index (Phi) is 4.83. The lowest BCUT2D eigenvalue weighted by Gasteiger charge is -2.30. The van der Waals surface area contributed by atoms with Crippen LogP contribution >= 0.6 is 0 Å². The molecule has 2 N–H and O–H groups in total. The highest BCUT2D eigenvalue weighted by atomic mass is 16.4. The van der Waals surface area contributed by atoms with Crippen molar-refractivity contribution >= 4 is 12.0 Å². The lowest BCUT2D eigenvalue weighted by Crippen LogP contribution is -2.47. The van der Waals surface area contributed by atoms with Crippen molar-refractivity contribution in [1.82, 2.24) is 10.2 Å². The smallest absolute Gasteiger partial charge is 0.317 e. The third kappa shape index (κ3) is 3.86. The van der Waals surface area contributed by atoms with E-state index in [1.807, 2.05) is 0 Å². The Hall–Kier alpha value is -1.77. The highest BCUT2D eigenvalue weighted by Crippen LogP contribution is 2.28. The number of aliphatic carboxylic acids is 1. The van der Waals surface area contributed by atoms with Crippen molar-refractivity contribution in [2.45, 2.75) is 57.0 Å². The van der Waals surface area contributed by atoms with E-state index in [1.54, 1.807) is 4.90 Å². The minimum absolute atomic E-state index is 0.0708. The van der Waals surface area contributed by atoms with Crippen LogP contribution < -0.4 is 5.32 Å². The van der Waals surface area contributed by atoms with Gasteiger partial charge in [0.1, 0.15) is 0 Å². The van der Waals surface area contributed by atoms with E-state index in [9.17, 15) is 9.59 Å². The van der Waals surface area contributed by atoms with Crippen LogP contribution in [0.15, 0.2) is 0 Å². The van der Waals surface area contributed by atoms with Gasteiger partial charge in [-0.1, -0.05) is 0 Å². The SMILES string of the molecule is N#CCCN(C(=O)NC1CCC(C(=O)O)CC1)C1CC1. The Bertz CT molecular complexity index is 406. The van der Waals surface area contributed by atoms with Crippen LogP contribution in [0.5, 0.6) is 0 Å². The monoisotopic (exact) mass is 279 g/mol. The molecule has 0 atom stereocenters. The van der Waals surface area contributed by atoms with Gasteiger partial charge in [-0.25, -0.2) is 4.79 Å². The molecule has 2 fully saturated rings. The molecule has 0 unspecified atom stereocenters. The molecule has 0 radical (unpaired) electrons. The Morgan fingerprint density at radius 2 is 1.85 bits per heavy atom. The number of nitrogens with zero attached hydrogens (tertiary/aromatic N) is 2. The summed E-state index contributed by atoms with van der Waals surface area (Å²) in [4.78, 5) is 24.8. The second-order valence-corrected chi connectivity index (χ2v) is 5.67. The van der Waals surface area contributed by atoms with Crippen molar-refractivity contribution < 1.29 is 14.7 Å². The van der Waals surface area contributed by atoms with Crippen LogP contribution in [-0.4, -0.2) is 40.6 Å². The summed E-state index contributed by atoms with van der Waals surface area (Å²) < 4.78 is 0. The fourth-order valence-corrected chi connectivity index (χ4v) is 2.75. The first-order valence-electron chi connectivity index (χ1n) is 7.28. The van der Waals surface area contributed by atoms with E-state index in [-0.39, 0.29) is 18.0 Å². The van der Waals surface area contributed by atoms with Gasteiger partial charge in [0.25, 0.3) is 0 Å². The van der Waals surface area contributed by atoms with Crippen molar-refractivity contribution in [3.05, 3.63) is 0 Å². The average molecular weight is 279 g/mol. The molecule has 0 saturated heterocycles. The lowest BCUT2D eigenvalue weighted by molar-refractivity contribution is -0.142. The van der Waals surface area contributed by atoms with Gasteiger partial charge in [0, 0.05) is 18.6 Å². The first-order valence-corrected chi connectivity index (χ1v) is 7.28. The van der Waals surface area contributed by atoms with Crippen LogP contribution in [0.1, 0.15) is 44.9 Å². The van der Waals surface area contributed by atoms with Crippen LogP contribution in [0.4, 0.5) is 4.79 Å². The lowest BCUT2D eigenvalue weighted by atomic mass is 9.86. The van der Waals surface area contributed by atoms with E-state index >= 15 is 0 Å². The van der Waals surface area contributed by atoms with Gasteiger partial charge in [0.05, 0.1) is 18.4 Å². The molecule has 0 aliphatic heterocycles. The van der Waals surface area contributed by atoms with Gasteiger partial charge >= 0.3 is 12.0 Å². The average Bonchev–Trinajstić information content (AvgIpc) is 3.24. The predicted octanol–water partition coefficient (Wildman–Crippen LogP) is 1.72.